The lowest BCUT2D eigenvalue weighted by atomic mass is 10.1. The molecule has 0 radical (unpaired) electrons. The zero-order valence-electron chi connectivity index (χ0n) is 10.4. The van der Waals surface area contributed by atoms with Gasteiger partial charge in [-0.1, -0.05) is 12.1 Å². The molecule has 0 aliphatic rings. The van der Waals surface area contributed by atoms with Gasteiger partial charge >= 0.3 is 5.97 Å². The van der Waals surface area contributed by atoms with Crippen molar-refractivity contribution in [1.29, 1.82) is 0 Å². The van der Waals surface area contributed by atoms with E-state index < -0.39 is 0 Å². The molecule has 0 bridgehead atoms. The van der Waals surface area contributed by atoms with Crippen LogP contribution in [0.15, 0.2) is 24.3 Å². The van der Waals surface area contributed by atoms with Crippen LogP contribution in [0.4, 0.5) is 4.39 Å². The first kappa shape index (κ1) is 13.6. The molecule has 1 rings (SSSR count). The molecule has 1 N–H and O–H groups in total. The summed E-state index contributed by atoms with van der Waals surface area (Å²) in [6.45, 7) is 3.89. The number of rotatable bonds is 5. The maximum absolute atomic E-state index is 12.7. The Hall–Kier alpha value is -1.42. The molecule has 1 aromatic rings. The zero-order chi connectivity index (χ0) is 12.8. The topological polar surface area (TPSA) is 38.3 Å². The third kappa shape index (κ3) is 4.53. The molecule has 0 amide bonds. The SMILES string of the molecule is COC(=O)CC(C)N[C@H](C)c1ccc(F)cc1. The molecule has 0 fully saturated rings. The predicted octanol–water partition coefficient (Wildman–Crippen LogP) is 2.43. The molecular weight excluding hydrogens is 221 g/mol. The van der Waals surface area contributed by atoms with Gasteiger partial charge in [0.2, 0.25) is 0 Å². The Morgan fingerprint density at radius 3 is 2.47 bits per heavy atom. The third-order valence-corrected chi connectivity index (χ3v) is 2.61. The Morgan fingerprint density at radius 2 is 1.94 bits per heavy atom. The molecule has 0 spiro atoms. The van der Waals surface area contributed by atoms with E-state index in [-0.39, 0.29) is 23.9 Å². The molecule has 94 valence electrons. The van der Waals surface area contributed by atoms with Crippen molar-refractivity contribution in [3.63, 3.8) is 0 Å². The molecule has 0 saturated carbocycles. The summed E-state index contributed by atoms with van der Waals surface area (Å²) in [5, 5.41) is 3.26. The monoisotopic (exact) mass is 239 g/mol. The van der Waals surface area contributed by atoms with Crippen molar-refractivity contribution in [3.8, 4) is 0 Å². The van der Waals surface area contributed by atoms with Crippen LogP contribution in [0.1, 0.15) is 31.9 Å². The van der Waals surface area contributed by atoms with Gasteiger partial charge in [0.25, 0.3) is 0 Å². The summed E-state index contributed by atoms with van der Waals surface area (Å²) in [6, 6.07) is 6.41. The summed E-state index contributed by atoms with van der Waals surface area (Å²) in [5.41, 5.74) is 0.989. The van der Waals surface area contributed by atoms with E-state index in [0.717, 1.165) is 5.56 Å². The van der Waals surface area contributed by atoms with Crippen molar-refractivity contribution in [3.05, 3.63) is 35.6 Å². The summed E-state index contributed by atoms with van der Waals surface area (Å²) >= 11 is 0. The summed E-state index contributed by atoms with van der Waals surface area (Å²) in [4.78, 5) is 11.1. The number of hydrogen-bond donors (Lipinski definition) is 1. The highest BCUT2D eigenvalue weighted by atomic mass is 19.1. The van der Waals surface area contributed by atoms with Gasteiger partial charge in [-0.2, -0.15) is 0 Å². The Bertz CT molecular complexity index is 364. The number of halogens is 1. The summed E-state index contributed by atoms with van der Waals surface area (Å²) in [7, 11) is 1.37. The Balaban J connectivity index is 2.51. The number of hydrogen-bond acceptors (Lipinski definition) is 3. The molecular formula is C13H18FNO2. The van der Waals surface area contributed by atoms with E-state index in [1.54, 1.807) is 12.1 Å². The molecule has 0 saturated heterocycles. The molecule has 0 aliphatic carbocycles. The van der Waals surface area contributed by atoms with Crippen molar-refractivity contribution < 1.29 is 13.9 Å². The fraction of sp³-hybridized carbons (Fsp3) is 0.462. The molecule has 0 aromatic heterocycles. The van der Waals surface area contributed by atoms with Crippen molar-refractivity contribution in [1.82, 2.24) is 5.32 Å². The first-order chi connectivity index (χ1) is 8.02. The highest BCUT2D eigenvalue weighted by Gasteiger charge is 2.13. The largest absolute Gasteiger partial charge is 0.469 e. The van der Waals surface area contributed by atoms with Crippen molar-refractivity contribution in [2.45, 2.75) is 32.4 Å². The summed E-state index contributed by atoms with van der Waals surface area (Å²) in [6.07, 6.45) is 0.321. The van der Waals surface area contributed by atoms with Crippen LogP contribution in [-0.4, -0.2) is 19.1 Å². The van der Waals surface area contributed by atoms with E-state index in [2.05, 4.69) is 10.1 Å². The van der Waals surface area contributed by atoms with Gasteiger partial charge in [-0.15, -0.1) is 0 Å². The lowest BCUT2D eigenvalue weighted by Crippen LogP contribution is -2.31. The van der Waals surface area contributed by atoms with Crippen LogP contribution in [0.25, 0.3) is 0 Å². The van der Waals surface area contributed by atoms with Gasteiger partial charge in [-0.05, 0) is 31.5 Å². The number of esters is 1. The van der Waals surface area contributed by atoms with Gasteiger partial charge in [-0.3, -0.25) is 4.79 Å². The highest BCUT2D eigenvalue weighted by molar-refractivity contribution is 5.69. The minimum absolute atomic E-state index is 0.0162. The summed E-state index contributed by atoms with van der Waals surface area (Å²) < 4.78 is 17.3. The second-order valence-corrected chi connectivity index (χ2v) is 4.12. The summed E-state index contributed by atoms with van der Waals surface area (Å²) in [5.74, 6) is -0.486. The maximum atomic E-state index is 12.7. The van der Waals surface area contributed by atoms with Crippen molar-refractivity contribution in [2.75, 3.05) is 7.11 Å². The molecule has 4 heteroatoms. The maximum Gasteiger partial charge on any atom is 0.307 e. The van der Waals surface area contributed by atoms with Gasteiger partial charge in [0.1, 0.15) is 5.82 Å². The second kappa shape index (κ2) is 6.35. The average molecular weight is 239 g/mol. The smallest absolute Gasteiger partial charge is 0.307 e. The number of ether oxygens (including phenoxy) is 1. The van der Waals surface area contributed by atoms with Crippen LogP contribution in [0.3, 0.4) is 0 Å². The Kier molecular flexibility index (Phi) is 5.10. The Morgan fingerprint density at radius 1 is 1.35 bits per heavy atom. The first-order valence-corrected chi connectivity index (χ1v) is 5.61. The van der Waals surface area contributed by atoms with Gasteiger partial charge < -0.3 is 10.1 Å². The van der Waals surface area contributed by atoms with Crippen LogP contribution in [0.2, 0.25) is 0 Å². The molecule has 3 nitrogen and oxygen atoms in total. The minimum Gasteiger partial charge on any atom is -0.469 e. The molecule has 2 atom stereocenters. The van der Waals surface area contributed by atoms with E-state index in [0.29, 0.717) is 6.42 Å². The number of methoxy groups -OCH3 is 1. The van der Waals surface area contributed by atoms with Gasteiger partial charge in [0.15, 0.2) is 0 Å². The second-order valence-electron chi connectivity index (χ2n) is 4.12. The normalized spacial score (nSPS) is 14.1. The number of carbonyl (C=O) groups is 1. The van der Waals surface area contributed by atoms with E-state index in [4.69, 9.17) is 0 Å². The molecule has 1 aromatic carbocycles. The first-order valence-electron chi connectivity index (χ1n) is 5.61. The molecule has 17 heavy (non-hydrogen) atoms. The van der Waals surface area contributed by atoms with Crippen molar-refractivity contribution in [2.24, 2.45) is 0 Å². The van der Waals surface area contributed by atoms with Gasteiger partial charge in [0.05, 0.1) is 13.5 Å². The van der Waals surface area contributed by atoms with E-state index in [9.17, 15) is 9.18 Å². The van der Waals surface area contributed by atoms with Crippen LogP contribution >= 0.6 is 0 Å². The molecule has 1 unspecified atom stereocenters. The average Bonchev–Trinajstić information content (AvgIpc) is 2.29. The van der Waals surface area contributed by atoms with E-state index >= 15 is 0 Å². The van der Waals surface area contributed by atoms with Gasteiger partial charge in [-0.25, -0.2) is 4.39 Å². The fourth-order valence-corrected chi connectivity index (χ4v) is 1.67. The van der Waals surface area contributed by atoms with Crippen LogP contribution in [0.5, 0.6) is 0 Å². The third-order valence-electron chi connectivity index (χ3n) is 2.61. The number of benzene rings is 1. The quantitative estimate of drug-likeness (QED) is 0.802. The van der Waals surface area contributed by atoms with Crippen LogP contribution in [-0.2, 0) is 9.53 Å². The number of carbonyl (C=O) groups excluding carboxylic acids is 1. The van der Waals surface area contributed by atoms with Gasteiger partial charge in [0, 0.05) is 12.1 Å². The van der Waals surface area contributed by atoms with Crippen molar-refractivity contribution >= 4 is 5.97 Å². The highest BCUT2D eigenvalue weighted by Crippen LogP contribution is 2.14. The molecule has 0 heterocycles. The zero-order valence-corrected chi connectivity index (χ0v) is 10.4. The minimum atomic E-state index is -0.247. The fourth-order valence-electron chi connectivity index (χ4n) is 1.67. The molecule has 0 aliphatic heterocycles. The Labute approximate surface area is 101 Å². The number of nitrogens with one attached hydrogen (secondary N) is 1. The van der Waals surface area contributed by atoms with E-state index in [1.807, 2.05) is 13.8 Å². The van der Waals surface area contributed by atoms with Crippen LogP contribution in [0, 0.1) is 5.82 Å². The predicted molar refractivity (Wildman–Crippen MR) is 64.0 cm³/mol. The lowest BCUT2D eigenvalue weighted by Gasteiger charge is -2.19. The van der Waals surface area contributed by atoms with Crippen LogP contribution < -0.4 is 5.32 Å². The lowest BCUT2D eigenvalue weighted by molar-refractivity contribution is -0.141. The standard InChI is InChI=1S/C13H18FNO2/c1-9(8-13(16)17-3)15-10(2)11-4-6-12(14)7-5-11/h4-7,9-10,15H,8H2,1-3H3/t9?,10-/m1/s1. The van der Waals surface area contributed by atoms with E-state index in [1.165, 1.54) is 19.2 Å².